The molecule has 2 nitrogen and oxygen atoms in total. The van der Waals surface area contributed by atoms with Crippen LogP contribution in [0.1, 0.15) is 49.3 Å². The van der Waals surface area contributed by atoms with Gasteiger partial charge >= 0.3 is 0 Å². The number of phenolic OH excluding ortho intramolecular Hbond substituents is 1. The van der Waals surface area contributed by atoms with Crippen LogP contribution in [0.3, 0.4) is 0 Å². The van der Waals surface area contributed by atoms with E-state index in [-0.39, 0.29) is 0 Å². The predicted molar refractivity (Wildman–Crippen MR) is 104 cm³/mol. The zero-order chi connectivity index (χ0) is 17.2. The maximum Gasteiger partial charge on any atom is 0.115 e. The van der Waals surface area contributed by atoms with Crippen molar-refractivity contribution in [3.63, 3.8) is 0 Å². The van der Waals surface area contributed by atoms with Gasteiger partial charge in [0.1, 0.15) is 5.75 Å². The lowest BCUT2D eigenvalue weighted by Crippen LogP contribution is -2.29. The van der Waals surface area contributed by atoms with Crippen LogP contribution in [0.15, 0.2) is 66.7 Å². The van der Waals surface area contributed by atoms with Gasteiger partial charge < -0.3 is 10.4 Å². The Morgan fingerprint density at radius 3 is 2.52 bits per heavy atom. The van der Waals surface area contributed by atoms with E-state index >= 15 is 0 Å². The van der Waals surface area contributed by atoms with Crippen LogP contribution in [-0.4, -0.2) is 11.1 Å². The lowest BCUT2D eigenvalue weighted by molar-refractivity contribution is 0.458. The molecule has 1 aliphatic rings. The normalized spacial score (nSPS) is 21.5. The van der Waals surface area contributed by atoms with Gasteiger partial charge in [-0.15, -0.1) is 0 Å². The van der Waals surface area contributed by atoms with Crippen LogP contribution in [-0.2, 0) is 0 Å². The van der Waals surface area contributed by atoms with Gasteiger partial charge in [-0.2, -0.15) is 0 Å². The molecule has 3 atom stereocenters. The fraction of sp³-hybridized carbons (Fsp3) is 0.304. The van der Waals surface area contributed by atoms with Crippen molar-refractivity contribution in [2.75, 3.05) is 0 Å². The monoisotopic (exact) mass is 331 g/mol. The number of nitrogens with one attached hydrogen (secondary N) is 1. The summed E-state index contributed by atoms with van der Waals surface area (Å²) < 4.78 is 0. The van der Waals surface area contributed by atoms with Crippen LogP contribution < -0.4 is 5.32 Å². The molecule has 25 heavy (non-hydrogen) atoms. The molecule has 4 rings (SSSR count). The van der Waals surface area contributed by atoms with Gasteiger partial charge in [-0.25, -0.2) is 0 Å². The Labute approximate surface area is 149 Å². The van der Waals surface area contributed by atoms with Crippen LogP contribution in [0, 0.1) is 0 Å². The van der Waals surface area contributed by atoms with Crippen molar-refractivity contribution in [3.05, 3.63) is 77.9 Å². The molecule has 0 aromatic heterocycles. The fourth-order valence-corrected chi connectivity index (χ4v) is 4.25. The quantitative estimate of drug-likeness (QED) is 0.658. The summed E-state index contributed by atoms with van der Waals surface area (Å²) in [4.78, 5) is 0. The number of fused-ring (bicyclic) bond motifs is 1. The SMILES string of the molecule is C[C@@H](NC1CC[C@@H](c2ccc(O)cc2)C1)c1cccc2ccccc12. The molecule has 1 fully saturated rings. The first-order valence-corrected chi connectivity index (χ1v) is 9.23. The van der Waals surface area contributed by atoms with Gasteiger partial charge in [-0.3, -0.25) is 0 Å². The van der Waals surface area contributed by atoms with Crippen molar-refractivity contribution in [2.24, 2.45) is 0 Å². The topological polar surface area (TPSA) is 32.3 Å². The minimum atomic E-state index is 0.342. The summed E-state index contributed by atoms with van der Waals surface area (Å²) in [6.07, 6.45) is 3.59. The van der Waals surface area contributed by atoms with E-state index in [1.807, 2.05) is 0 Å². The number of hydrogen-bond donors (Lipinski definition) is 2. The Kier molecular flexibility index (Phi) is 4.46. The number of benzene rings is 3. The average Bonchev–Trinajstić information content (AvgIpc) is 3.10. The molecule has 1 aliphatic carbocycles. The summed E-state index contributed by atoms with van der Waals surface area (Å²) in [6, 6.07) is 23.8. The first-order valence-electron chi connectivity index (χ1n) is 9.23. The molecule has 3 aromatic rings. The fourth-order valence-electron chi connectivity index (χ4n) is 4.25. The highest BCUT2D eigenvalue weighted by Crippen LogP contribution is 2.36. The highest BCUT2D eigenvalue weighted by molar-refractivity contribution is 5.86. The third-order valence-corrected chi connectivity index (χ3v) is 5.57. The van der Waals surface area contributed by atoms with Gasteiger partial charge in [0.25, 0.3) is 0 Å². The molecule has 128 valence electrons. The van der Waals surface area contributed by atoms with Crippen molar-refractivity contribution in [1.82, 2.24) is 5.32 Å². The van der Waals surface area contributed by atoms with Crippen molar-refractivity contribution in [3.8, 4) is 5.75 Å². The van der Waals surface area contributed by atoms with Gasteiger partial charge in [0.15, 0.2) is 0 Å². The Balaban J connectivity index is 1.46. The van der Waals surface area contributed by atoms with Gasteiger partial charge in [0, 0.05) is 12.1 Å². The predicted octanol–water partition coefficient (Wildman–Crippen LogP) is 5.53. The van der Waals surface area contributed by atoms with E-state index in [0.717, 1.165) is 0 Å². The van der Waals surface area contributed by atoms with Crippen LogP contribution >= 0.6 is 0 Å². The molecule has 2 heteroatoms. The third kappa shape index (κ3) is 3.40. The van der Waals surface area contributed by atoms with E-state index < -0.39 is 0 Å². The van der Waals surface area contributed by atoms with Crippen molar-refractivity contribution in [1.29, 1.82) is 0 Å². The molecule has 3 aromatic carbocycles. The summed E-state index contributed by atoms with van der Waals surface area (Å²) in [7, 11) is 0. The van der Waals surface area contributed by atoms with E-state index in [1.54, 1.807) is 12.1 Å². The van der Waals surface area contributed by atoms with Crippen molar-refractivity contribution in [2.45, 2.75) is 44.2 Å². The van der Waals surface area contributed by atoms with E-state index in [2.05, 4.69) is 66.8 Å². The molecule has 0 heterocycles. The van der Waals surface area contributed by atoms with E-state index in [0.29, 0.717) is 23.8 Å². The zero-order valence-electron chi connectivity index (χ0n) is 14.7. The number of phenols is 1. The van der Waals surface area contributed by atoms with Crippen LogP contribution in [0.5, 0.6) is 5.75 Å². The summed E-state index contributed by atoms with van der Waals surface area (Å²) in [5, 5.41) is 16.0. The van der Waals surface area contributed by atoms with Gasteiger partial charge in [-0.1, -0.05) is 54.6 Å². The lowest BCUT2D eigenvalue weighted by Gasteiger charge is -2.21. The Bertz CT molecular complexity index is 850. The van der Waals surface area contributed by atoms with E-state index in [9.17, 15) is 5.11 Å². The molecule has 0 aliphatic heterocycles. The molecule has 0 saturated heterocycles. The van der Waals surface area contributed by atoms with Crippen molar-refractivity contribution < 1.29 is 5.11 Å². The molecule has 1 saturated carbocycles. The Morgan fingerprint density at radius 1 is 0.920 bits per heavy atom. The second-order valence-corrected chi connectivity index (χ2v) is 7.26. The molecular formula is C23H25NO. The lowest BCUT2D eigenvalue weighted by atomic mass is 9.96. The van der Waals surface area contributed by atoms with E-state index in [1.165, 1.54) is 41.2 Å². The number of aromatic hydroxyl groups is 1. The first kappa shape index (κ1) is 16.2. The molecule has 0 spiro atoms. The van der Waals surface area contributed by atoms with Crippen LogP contribution in [0.2, 0.25) is 0 Å². The number of hydrogen-bond acceptors (Lipinski definition) is 2. The zero-order valence-corrected chi connectivity index (χ0v) is 14.7. The summed E-state index contributed by atoms with van der Waals surface area (Å²) >= 11 is 0. The molecule has 0 bridgehead atoms. The third-order valence-electron chi connectivity index (χ3n) is 5.57. The molecule has 0 radical (unpaired) electrons. The largest absolute Gasteiger partial charge is 0.508 e. The van der Waals surface area contributed by atoms with Crippen LogP contribution in [0.4, 0.5) is 0 Å². The second kappa shape index (κ2) is 6.89. The highest BCUT2D eigenvalue weighted by atomic mass is 16.3. The van der Waals surface area contributed by atoms with E-state index in [4.69, 9.17) is 0 Å². The standard InChI is InChI=1S/C23H25NO/c1-16(22-8-4-6-18-5-2-3-7-23(18)22)24-20-12-9-19(15-20)17-10-13-21(25)14-11-17/h2-8,10-11,13-14,16,19-20,24-25H,9,12,15H2,1H3/t16-,19-,20?/m1/s1. The minimum Gasteiger partial charge on any atom is -0.508 e. The smallest absolute Gasteiger partial charge is 0.115 e. The molecule has 0 amide bonds. The van der Waals surface area contributed by atoms with Crippen molar-refractivity contribution >= 4 is 10.8 Å². The highest BCUT2D eigenvalue weighted by Gasteiger charge is 2.27. The first-order chi connectivity index (χ1) is 12.2. The Hall–Kier alpha value is -2.32. The molecular weight excluding hydrogens is 306 g/mol. The van der Waals surface area contributed by atoms with Gasteiger partial charge in [0.05, 0.1) is 0 Å². The maximum absolute atomic E-state index is 9.47. The minimum absolute atomic E-state index is 0.342. The summed E-state index contributed by atoms with van der Waals surface area (Å²) in [6.45, 7) is 2.27. The summed E-state index contributed by atoms with van der Waals surface area (Å²) in [5.74, 6) is 0.943. The van der Waals surface area contributed by atoms with Crippen LogP contribution in [0.25, 0.3) is 10.8 Å². The van der Waals surface area contributed by atoms with Gasteiger partial charge in [0.2, 0.25) is 0 Å². The average molecular weight is 331 g/mol. The van der Waals surface area contributed by atoms with Gasteiger partial charge in [-0.05, 0) is 66.1 Å². The summed E-state index contributed by atoms with van der Waals surface area (Å²) in [5.41, 5.74) is 2.73. The number of rotatable bonds is 4. The molecule has 1 unspecified atom stereocenters. The Morgan fingerprint density at radius 2 is 1.68 bits per heavy atom. The maximum atomic E-state index is 9.47. The second-order valence-electron chi connectivity index (χ2n) is 7.26. The molecule has 2 N–H and O–H groups in total.